The molecule has 0 bridgehead atoms. The van der Waals surface area contributed by atoms with E-state index in [9.17, 15) is 9.59 Å². The predicted molar refractivity (Wildman–Crippen MR) is 123 cm³/mol. The van der Waals surface area contributed by atoms with Gasteiger partial charge in [-0.25, -0.2) is 9.97 Å². The SMILES string of the molecule is Cc1nc(C2CCCN2C(=O)CN2CCCC2)nc2c1CCC(=O)N2CC1CCCCC1. The number of aromatic nitrogens is 2. The van der Waals surface area contributed by atoms with Crippen molar-refractivity contribution in [3.05, 3.63) is 17.1 Å². The van der Waals surface area contributed by atoms with Crippen LogP contribution in [0.1, 0.15) is 87.3 Å². The molecular weight excluding hydrogens is 402 g/mol. The van der Waals surface area contributed by atoms with Gasteiger partial charge in [-0.1, -0.05) is 19.3 Å². The number of amides is 2. The Bertz CT molecular complexity index is 860. The first-order chi connectivity index (χ1) is 15.6. The highest BCUT2D eigenvalue weighted by Crippen LogP contribution is 2.36. The number of carbonyl (C=O) groups is 2. The van der Waals surface area contributed by atoms with E-state index in [-0.39, 0.29) is 17.9 Å². The molecule has 5 rings (SSSR count). The number of hydrogen-bond acceptors (Lipinski definition) is 5. The minimum atomic E-state index is -0.0670. The normalized spacial score (nSPS) is 24.9. The van der Waals surface area contributed by atoms with Crippen LogP contribution in [0.5, 0.6) is 0 Å². The lowest BCUT2D eigenvalue weighted by Crippen LogP contribution is -2.42. The first-order valence-corrected chi connectivity index (χ1v) is 12.8. The second-order valence-electron chi connectivity index (χ2n) is 10.2. The number of rotatable bonds is 5. The van der Waals surface area contributed by atoms with Crippen molar-refractivity contribution >= 4 is 17.6 Å². The topological polar surface area (TPSA) is 69.6 Å². The van der Waals surface area contributed by atoms with Crippen LogP contribution in [0.3, 0.4) is 0 Å². The second kappa shape index (κ2) is 9.46. The molecule has 4 heterocycles. The van der Waals surface area contributed by atoms with Crippen LogP contribution >= 0.6 is 0 Å². The molecule has 1 aliphatic carbocycles. The van der Waals surface area contributed by atoms with Gasteiger partial charge in [0.05, 0.1) is 12.6 Å². The number of anilines is 1. The Morgan fingerprint density at radius 1 is 0.938 bits per heavy atom. The fourth-order valence-electron chi connectivity index (χ4n) is 6.12. The van der Waals surface area contributed by atoms with E-state index < -0.39 is 0 Å². The Morgan fingerprint density at radius 3 is 2.50 bits per heavy atom. The summed E-state index contributed by atoms with van der Waals surface area (Å²) in [4.78, 5) is 42.1. The van der Waals surface area contributed by atoms with Gasteiger partial charge in [0.1, 0.15) is 5.82 Å². The average molecular weight is 440 g/mol. The van der Waals surface area contributed by atoms with Gasteiger partial charge in [0.25, 0.3) is 0 Å². The van der Waals surface area contributed by atoms with Crippen molar-refractivity contribution < 1.29 is 9.59 Å². The monoisotopic (exact) mass is 439 g/mol. The van der Waals surface area contributed by atoms with E-state index in [1.807, 2.05) is 16.7 Å². The molecule has 0 spiro atoms. The minimum Gasteiger partial charge on any atom is -0.331 e. The molecule has 7 heteroatoms. The van der Waals surface area contributed by atoms with E-state index in [0.717, 1.165) is 68.3 Å². The van der Waals surface area contributed by atoms with Crippen molar-refractivity contribution in [2.45, 2.75) is 83.6 Å². The third-order valence-corrected chi connectivity index (χ3v) is 7.95. The smallest absolute Gasteiger partial charge is 0.237 e. The standard InChI is InChI=1S/C25H37N5O2/c1-18-20-11-12-22(31)30(16-19-8-3-2-4-9-19)25(20)27-24(26-18)21-10-7-15-29(21)23(32)17-28-13-5-6-14-28/h19,21H,2-17H2,1H3. The summed E-state index contributed by atoms with van der Waals surface area (Å²) in [6.07, 6.45) is 11.8. The zero-order valence-corrected chi connectivity index (χ0v) is 19.5. The van der Waals surface area contributed by atoms with Crippen molar-refractivity contribution in [3.8, 4) is 0 Å². The fraction of sp³-hybridized carbons (Fsp3) is 0.760. The average Bonchev–Trinajstić information content (AvgIpc) is 3.48. The molecule has 32 heavy (non-hydrogen) atoms. The Kier molecular flexibility index (Phi) is 6.44. The van der Waals surface area contributed by atoms with Crippen LogP contribution in [-0.4, -0.2) is 64.3 Å². The third-order valence-electron chi connectivity index (χ3n) is 7.95. The summed E-state index contributed by atoms with van der Waals surface area (Å²) in [6, 6.07) is -0.0670. The van der Waals surface area contributed by atoms with Crippen molar-refractivity contribution in [3.63, 3.8) is 0 Å². The molecular formula is C25H37N5O2. The summed E-state index contributed by atoms with van der Waals surface area (Å²) in [6.45, 7) is 6.16. The molecule has 1 unspecified atom stereocenters. The van der Waals surface area contributed by atoms with E-state index in [2.05, 4.69) is 4.90 Å². The van der Waals surface area contributed by atoms with Crippen molar-refractivity contribution in [1.82, 2.24) is 19.8 Å². The van der Waals surface area contributed by atoms with Gasteiger partial charge >= 0.3 is 0 Å². The lowest BCUT2D eigenvalue weighted by molar-refractivity contribution is -0.133. The Balaban J connectivity index is 1.39. The summed E-state index contributed by atoms with van der Waals surface area (Å²) in [5.41, 5.74) is 2.10. The molecule has 1 aromatic heterocycles. The fourth-order valence-corrected chi connectivity index (χ4v) is 6.12. The van der Waals surface area contributed by atoms with Gasteiger partial charge in [0.15, 0.2) is 5.82 Å². The maximum atomic E-state index is 13.1. The third kappa shape index (κ3) is 4.41. The number of carbonyl (C=O) groups excluding carboxylic acids is 2. The molecule has 1 saturated carbocycles. The van der Waals surface area contributed by atoms with Crippen LogP contribution < -0.4 is 4.90 Å². The molecule has 2 saturated heterocycles. The number of hydrogen-bond donors (Lipinski definition) is 0. The van der Waals surface area contributed by atoms with Crippen LogP contribution in [0.4, 0.5) is 5.82 Å². The Hall–Kier alpha value is -2.02. The van der Waals surface area contributed by atoms with Gasteiger partial charge in [0.2, 0.25) is 11.8 Å². The number of fused-ring (bicyclic) bond motifs is 1. The zero-order valence-electron chi connectivity index (χ0n) is 19.5. The van der Waals surface area contributed by atoms with Crippen LogP contribution in [0.25, 0.3) is 0 Å². The second-order valence-corrected chi connectivity index (χ2v) is 10.2. The van der Waals surface area contributed by atoms with Crippen molar-refractivity contribution in [1.29, 1.82) is 0 Å². The molecule has 4 aliphatic rings. The number of nitrogens with zero attached hydrogens (tertiary/aromatic N) is 5. The molecule has 1 atom stereocenters. The maximum absolute atomic E-state index is 13.1. The predicted octanol–water partition coefficient (Wildman–Crippen LogP) is 3.40. The van der Waals surface area contributed by atoms with E-state index >= 15 is 0 Å². The number of likely N-dealkylation sites (tertiary alicyclic amines) is 2. The summed E-state index contributed by atoms with van der Waals surface area (Å²) in [5.74, 6) is 2.52. The van der Waals surface area contributed by atoms with Gasteiger partial charge in [-0.3, -0.25) is 19.4 Å². The highest BCUT2D eigenvalue weighted by atomic mass is 16.2. The quantitative estimate of drug-likeness (QED) is 0.703. The molecule has 0 N–H and O–H groups in total. The van der Waals surface area contributed by atoms with E-state index in [1.54, 1.807) is 0 Å². The molecule has 1 aromatic rings. The molecule has 0 aromatic carbocycles. The van der Waals surface area contributed by atoms with E-state index in [4.69, 9.17) is 9.97 Å². The van der Waals surface area contributed by atoms with Gasteiger partial charge in [-0.2, -0.15) is 0 Å². The van der Waals surface area contributed by atoms with Gasteiger partial charge in [-0.15, -0.1) is 0 Å². The molecule has 0 radical (unpaired) electrons. The maximum Gasteiger partial charge on any atom is 0.237 e. The lowest BCUT2D eigenvalue weighted by atomic mass is 9.88. The molecule has 7 nitrogen and oxygen atoms in total. The molecule has 3 aliphatic heterocycles. The highest BCUT2D eigenvalue weighted by Gasteiger charge is 2.36. The van der Waals surface area contributed by atoms with Crippen LogP contribution in [-0.2, 0) is 16.0 Å². The first kappa shape index (κ1) is 21.8. The highest BCUT2D eigenvalue weighted by molar-refractivity contribution is 5.95. The first-order valence-electron chi connectivity index (χ1n) is 12.8. The molecule has 174 valence electrons. The van der Waals surface area contributed by atoms with Crippen LogP contribution in [0, 0.1) is 12.8 Å². The summed E-state index contributed by atoms with van der Waals surface area (Å²) in [5, 5.41) is 0. The van der Waals surface area contributed by atoms with Crippen molar-refractivity contribution in [2.24, 2.45) is 5.92 Å². The zero-order chi connectivity index (χ0) is 22.1. The van der Waals surface area contributed by atoms with E-state index in [1.165, 1.54) is 44.9 Å². The molecule has 3 fully saturated rings. The number of aryl methyl sites for hydroxylation is 1. The van der Waals surface area contributed by atoms with Gasteiger partial charge < -0.3 is 4.90 Å². The van der Waals surface area contributed by atoms with Crippen LogP contribution in [0.15, 0.2) is 0 Å². The van der Waals surface area contributed by atoms with E-state index in [0.29, 0.717) is 18.9 Å². The summed E-state index contributed by atoms with van der Waals surface area (Å²) < 4.78 is 0. The van der Waals surface area contributed by atoms with Crippen molar-refractivity contribution in [2.75, 3.05) is 37.6 Å². The lowest BCUT2D eigenvalue weighted by Gasteiger charge is -2.34. The largest absolute Gasteiger partial charge is 0.331 e. The van der Waals surface area contributed by atoms with Gasteiger partial charge in [-0.05, 0) is 70.9 Å². The minimum absolute atomic E-state index is 0.0670. The summed E-state index contributed by atoms with van der Waals surface area (Å²) in [7, 11) is 0. The summed E-state index contributed by atoms with van der Waals surface area (Å²) >= 11 is 0. The Labute approximate surface area is 191 Å². The van der Waals surface area contributed by atoms with Gasteiger partial charge in [0, 0.05) is 30.8 Å². The Morgan fingerprint density at radius 2 is 1.72 bits per heavy atom. The van der Waals surface area contributed by atoms with Crippen LogP contribution in [0.2, 0.25) is 0 Å². The molecule has 2 amide bonds.